The number of ether oxygens (including phenoxy) is 2. The van der Waals surface area contributed by atoms with Gasteiger partial charge < -0.3 is 9.47 Å². The first-order valence-electron chi connectivity index (χ1n) is 9.33. The molecule has 0 fully saturated rings. The van der Waals surface area contributed by atoms with Crippen LogP contribution in [0.2, 0.25) is 0 Å². The minimum absolute atomic E-state index is 0.0131. The Bertz CT molecular complexity index is 1050. The summed E-state index contributed by atoms with van der Waals surface area (Å²) in [7, 11) is 1.64. The molecule has 0 aromatic heterocycles. The van der Waals surface area contributed by atoms with Crippen LogP contribution in [0.15, 0.2) is 71.0 Å². The maximum atomic E-state index is 11.1. The number of hydrogen-bond acceptors (Lipinski definition) is 6. The highest BCUT2D eigenvalue weighted by Crippen LogP contribution is 2.49. The second-order valence-electron chi connectivity index (χ2n) is 7.07. The third kappa shape index (κ3) is 3.38. The lowest BCUT2D eigenvalue weighted by atomic mass is 9.75. The molecule has 3 aromatic carbocycles. The Morgan fingerprint density at radius 1 is 0.897 bits per heavy atom. The van der Waals surface area contributed by atoms with Crippen LogP contribution < -0.4 is 9.47 Å². The van der Waals surface area contributed by atoms with E-state index in [0.29, 0.717) is 23.7 Å². The number of methoxy groups -OCH3 is 1. The van der Waals surface area contributed by atoms with E-state index in [9.17, 15) is 9.81 Å². The van der Waals surface area contributed by atoms with E-state index in [4.69, 9.17) is 9.47 Å². The van der Waals surface area contributed by atoms with Crippen molar-refractivity contribution in [3.05, 3.63) is 92.7 Å². The van der Waals surface area contributed by atoms with Crippen molar-refractivity contribution < 1.29 is 9.47 Å². The molecule has 2 unspecified atom stereocenters. The molecule has 4 rings (SSSR count). The molecular weight excluding hydrogens is 368 g/mol. The molecule has 0 aliphatic carbocycles. The first-order valence-corrected chi connectivity index (χ1v) is 9.33. The Morgan fingerprint density at radius 3 is 2.21 bits per heavy atom. The summed E-state index contributed by atoms with van der Waals surface area (Å²) < 4.78 is 11.4. The molecule has 1 aliphatic rings. The number of nitrogens with zero attached hydrogens (tertiary/aromatic N) is 2. The zero-order valence-corrected chi connectivity index (χ0v) is 16.2. The molecule has 1 aliphatic heterocycles. The first-order chi connectivity index (χ1) is 14.2. The fraction of sp³-hybridized carbons (Fsp3) is 0.217. The highest BCUT2D eigenvalue weighted by Gasteiger charge is 2.34. The molecule has 0 amide bonds. The summed E-state index contributed by atoms with van der Waals surface area (Å²) in [4.78, 5) is 21.9. The van der Waals surface area contributed by atoms with Crippen LogP contribution in [0.25, 0.3) is 0 Å². The van der Waals surface area contributed by atoms with Gasteiger partial charge in [0.05, 0.1) is 13.7 Å². The van der Waals surface area contributed by atoms with Crippen LogP contribution in [0.3, 0.4) is 0 Å². The van der Waals surface area contributed by atoms with Gasteiger partial charge in [0.25, 0.3) is 0 Å². The van der Waals surface area contributed by atoms with E-state index < -0.39 is 0 Å². The van der Waals surface area contributed by atoms with Gasteiger partial charge in [-0.05, 0) is 58.7 Å². The molecule has 0 spiro atoms. The molecule has 29 heavy (non-hydrogen) atoms. The largest absolute Gasteiger partial charge is 0.497 e. The van der Waals surface area contributed by atoms with Crippen molar-refractivity contribution in [3.63, 3.8) is 0 Å². The summed E-state index contributed by atoms with van der Waals surface area (Å²) in [5.41, 5.74) is 4.70. The maximum Gasteiger partial charge on any atom is 0.128 e. The van der Waals surface area contributed by atoms with Crippen LogP contribution in [0, 0.1) is 16.7 Å². The predicted octanol–water partition coefficient (Wildman–Crippen LogP) is 6.11. The number of benzene rings is 3. The highest BCUT2D eigenvalue weighted by molar-refractivity contribution is 5.60. The lowest BCUT2D eigenvalue weighted by molar-refractivity contribution is 0.247. The highest BCUT2D eigenvalue weighted by atomic mass is 16.5. The van der Waals surface area contributed by atoms with E-state index >= 15 is 0 Å². The summed E-state index contributed by atoms with van der Waals surface area (Å²) in [6, 6.07) is 18.9. The van der Waals surface area contributed by atoms with Gasteiger partial charge in [0.2, 0.25) is 0 Å². The lowest BCUT2D eigenvalue weighted by Gasteiger charge is -2.35. The minimum Gasteiger partial charge on any atom is -0.497 e. The Morgan fingerprint density at radius 2 is 1.59 bits per heavy atom. The summed E-state index contributed by atoms with van der Waals surface area (Å²) in [6.45, 7) is 2.30. The monoisotopic (exact) mass is 388 g/mol. The smallest absolute Gasteiger partial charge is 0.128 e. The van der Waals surface area contributed by atoms with E-state index in [0.717, 1.165) is 28.0 Å². The summed E-state index contributed by atoms with van der Waals surface area (Å²) >= 11 is 0. The van der Waals surface area contributed by atoms with Gasteiger partial charge >= 0.3 is 0 Å². The second-order valence-corrected chi connectivity index (χ2v) is 7.07. The van der Waals surface area contributed by atoms with Crippen molar-refractivity contribution in [2.24, 2.45) is 10.4 Å². The Hall–Kier alpha value is -3.54. The SMILES string of the molecule is COc1ccc(C2c3ccc(N=O)c(C)c3OCC2c2ccc(N=O)cc2)cc1. The van der Waals surface area contributed by atoms with Crippen molar-refractivity contribution in [2.75, 3.05) is 13.7 Å². The maximum absolute atomic E-state index is 11.1. The van der Waals surface area contributed by atoms with Gasteiger partial charge in [-0.3, -0.25) is 0 Å². The van der Waals surface area contributed by atoms with Crippen molar-refractivity contribution in [1.29, 1.82) is 0 Å². The minimum atomic E-state index is 0.0131. The fourth-order valence-electron chi connectivity index (χ4n) is 4.02. The van der Waals surface area contributed by atoms with E-state index in [1.807, 2.05) is 49.4 Å². The third-order valence-electron chi connectivity index (χ3n) is 5.55. The zero-order valence-electron chi connectivity index (χ0n) is 16.2. The van der Waals surface area contributed by atoms with E-state index in [2.05, 4.69) is 10.4 Å². The number of hydrogen-bond donors (Lipinski definition) is 0. The first kappa shape index (κ1) is 18.8. The molecule has 0 radical (unpaired) electrons. The molecule has 146 valence electrons. The Kier molecular flexibility index (Phi) is 5.08. The fourth-order valence-corrected chi connectivity index (χ4v) is 4.02. The molecule has 6 nitrogen and oxygen atoms in total. The molecule has 0 saturated carbocycles. The average Bonchev–Trinajstić information content (AvgIpc) is 2.79. The third-order valence-corrected chi connectivity index (χ3v) is 5.55. The van der Waals surface area contributed by atoms with Gasteiger partial charge in [-0.15, -0.1) is 9.81 Å². The molecule has 2 atom stereocenters. The van der Waals surface area contributed by atoms with E-state index in [1.165, 1.54) is 0 Å². The topological polar surface area (TPSA) is 77.3 Å². The molecule has 0 N–H and O–H groups in total. The Balaban J connectivity index is 1.85. The molecule has 6 heteroatoms. The summed E-state index contributed by atoms with van der Waals surface area (Å²) in [5, 5.41) is 6.09. The van der Waals surface area contributed by atoms with Crippen molar-refractivity contribution >= 4 is 11.4 Å². The second kappa shape index (κ2) is 7.83. The Labute approximate surface area is 168 Å². The molecule has 0 bridgehead atoms. The molecule has 1 heterocycles. The van der Waals surface area contributed by atoms with E-state index in [-0.39, 0.29) is 11.8 Å². The normalized spacial score (nSPS) is 17.7. The number of nitroso groups, excluding NO2 is 2. The quantitative estimate of drug-likeness (QED) is 0.494. The van der Waals surface area contributed by atoms with E-state index in [1.54, 1.807) is 25.3 Å². The van der Waals surface area contributed by atoms with Gasteiger partial charge in [0.15, 0.2) is 0 Å². The predicted molar refractivity (Wildman–Crippen MR) is 112 cm³/mol. The van der Waals surface area contributed by atoms with Crippen LogP contribution in [0.5, 0.6) is 11.5 Å². The van der Waals surface area contributed by atoms with Crippen LogP contribution in [0.1, 0.15) is 34.1 Å². The van der Waals surface area contributed by atoms with Crippen LogP contribution >= 0.6 is 0 Å². The zero-order chi connectivity index (χ0) is 20.4. The van der Waals surface area contributed by atoms with Gasteiger partial charge in [-0.2, -0.15) is 0 Å². The van der Waals surface area contributed by atoms with Crippen LogP contribution in [-0.2, 0) is 0 Å². The number of fused-ring (bicyclic) bond motifs is 1. The molecule has 0 saturated heterocycles. The molecule has 3 aromatic rings. The van der Waals surface area contributed by atoms with Crippen molar-refractivity contribution in [2.45, 2.75) is 18.8 Å². The standard InChI is InChI=1S/C23H20N2O4/c1-14-21(25-27)12-11-19-22(16-5-9-18(28-2)10-6-16)20(13-29-23(14)19)15-3-7-17(24-26)8-4-15/h3-12,20,22H,13H2,1-2H3. The van der Waals surface area contributed by atoms with Crippen molar-refractivity contribution in [1.82, 2.24) is 0 Å². The summed E-state index contributed by atoms with van der Waals surface area (Å²) in [5.74, 6) is 1.55. The van der Waals surface area contributed by atoms with Crippen LogP contribution in [0.4, 0.5) is 11.4 Å². The summed E-state index contributed by atoms with van der Waals surface area (Å²) in [6.07, 6.45) is 0. The average molecular weight is 388 g/mol. The van der Waals surface area contributed by atoms with Crippen molar-refractivity contribution in [3.8, 4) is 11.5 Å². The van der Waals surface area contributed by atoms with Crippen LogP contribution in [-0.4, -0.2) is 13.7 Å². The van der Waals surface area contributed by atoms with Gasteiger partial charge in [-0.25, -0.2) is 0 Å². The van der Waals surface area contributed by atoms with Gasteiger partial charge in [0.1, 0.15) is 22.9 Å². The molecular formula is C23H20N2O4. The lowest BCUT2D eigenvalue weighted by Crippen LogP contribution is -2.25. The number of rotatable bonds is 5. The van der Waals surface area contributed by atoms with Gasteiger partial charge in [-0.1, -0.05) is 30.3 Å². The van der Waals surface area contributed by atoms with Gasteiger partial charge in [0, 0.05) is 23.0 Å².